The molecule has 0 unspecified atom stereocenters. The highest BCUT2D eigenvalue weighted by Crippen LogP contribution is 2.33. The van der Waals surface area contributed by atoms with Crippen LogP contribution < -0.4 is 15.5 Å². The normalized spacial score (nSPS) is 24.3. The number of aromatic nitrogens is 1. The molecule has 2 N–H and O–H groups in total. The summed E-state index contributed by atoms with van der Waals surface area (Å²) in [5.41, 5.74) is 7.25. The van der Waals surface area contributed by atoms with Crippen LogP contribution in [0.3, 0.4) is 0 Å². The lowest BCUT2D eigenvalue weighted by Crippen LogP contribution is -2.47. The van der Waals surface area contributed by atoms with Crippen molar-refractivity contribution < 1.29 is 0 Å². The van der Waals surface area contributed by atoms with Crippen molar-refractivity contribution in [3.63, 3.8) is 0 Å². The molecule has 0 saturated carbocycles. The minimum Gasteiger partial charge on any atom is -0.369 e. The van der Waals surface area contributed by atoms with Crippen LogP contribution in [-0.4, -0.2) is 55.7 Å². The zero-order valence-electron chi connectivity index (χ0n) is 17.5. The van der Waals surface area contributed by atoms with E-state index in [4.69, 9.17) is 4.98 Å². The van der Waals surface area contributed by atoms with Crippen molar-refractivity contribution >= 4 is 5.69 Å². The number of anilines is 1. The molecule has 5 nitrogen and oxygen atoms in total. The third-order valence-corrected chi connectivity index (χ3v) is 6.94. The summed E-state index contributed by atoms with van der Waals surface area (Å²) in [6.07, 6.45) is 6.73. The maximum Gasteiger partial charge on any atom is 0.0607 e. The Balaban J connectivity index is 1.31. The summed E-state index contributed by atoms with van der Waals surface area (Å²) >= 11 is 0. The maximum atomic E-state index is 4.75. The largest absolute Gasteiger partial charge is 0.369 e. The molecule has 1 aliphatic carbocycles. The van der Waals surface area contributed by atoms with E-state index in [0.29, 0.717) is 12.1 Å². The first kappa shape index (κ1) is 19.0. The Hall–Kier alpha value is -1.95. The fourth-order valence-corrected chi connectivity index (χ4v) is 5.42. The van der Waals surface area contributed by atoms with Crippen LogP contribution in [0.15, 0.2) is 36.5 Å². The van der Waals surface area contributed by atoms with Gasteiger partial charge in [0.2, 0.25) is 0 Å². The van der Waals surface area contributed by atoms with E-state index in [1.165, 1.54) is 41.8 Å². The van der Waals surface area contributed by atoms with Gasteiger partial charge in [-0.1, -0.05) is 18.2 Å². The number of nitrogens with zero attached hydrogens (tertiary/aromatic N) is 3. The summed E-state index contributed by atoms with van der Waals surface area (Å²) in [6, 6.07) is 12.1. The predicted octanol–water partition coefficient (Wildman–Crippen LogP) is 2.51. The number of nitrogens with one attached hydrogen (secondary N) is 2. The van der Waals surface area contributed by atoms with Gasteiger partial charge in [0.15, 0.2) is 0 Å². The molecular formula is C24H33N5. The number of likely N-dealkylation sites (N-methyl/N-ethyl adjacent to an activating group) is 1. The highest BCUT2D eigenvalue weighted by atomic mass is 15.2. The van der Waals surface area contributed by atoms with Gasteiger partial charge in [0.05, 0.1) is 11.7 Å². The SMILES string of the molecule is CN(C[C@@H]1Cc2c(cccc2N2CCNCC2)CN1)[C@H]1CCCc2cccnc21. The number of fused-ring (bicyclic) bond motifs is 2. The highest BCUT2D eigenvalue weighted by Gasteiger charge is 2.29. The molecule has 1 saturated heterocycles. The fraction of sp³-hybridized carbons (Fsp3) is 0.542. The molecule has 1 fully saturated rings. The third-order valence-electron chi connectivity index (χ3n) is 6.94. The number of hydrogen-bond acceptors (Lipinski definition) is 5. The molecule has 1 aromatic carbocycles. The van der Waals surface area contributed by atoms with Crippen molar-refractivity contribution in [1.29, 1.82) is 0 Å². The van der Waals surface area contributed by atoms with Crippen LogP contribution in [0.1, 0.15) is 41.3 Å². The molecule has 5 heteroatoms. The van der Waals surface area contributed by atoms with Crippen LogP contribution in [0.5, 0.6) is 0 Å². The van der Waals surface area contributed by atoms with E-state index in [9.17, 15) is 0 Å². The molecule has 2 aromatic rings. The lowest BCUT2D eigenvalue weighted by Gasteiger charge is -2.38. The van der Waals surface area contributed by atoms with Gasteiger partial charge in [-0.15, -0.1) is 0 Å². The molecule has 5 rings (SSSR count). The van der Waals surface area contributed by atoms with E-state index >= 15 is 0 Å². The molecule has 0 spiro atoms. The van der Waals surface area contributed by atoms with E-state index in [1.54, 1.807) is 5.56 Å². The Morgan fingerprint density at radius 3 is 2.90 bits per heavy atom. The summed E-state index contributed by atoms with van der Waals surface area (Å²) in [5.74, 6) is 0. The fourth-order valence-electron chi connectivity index (χ4n) is 5.42. The lowest BCUT2D eigenvalue weighted by molar-refractivity contribution is 0.191. The van der Waals surface area contributed by atoms with Crippen molar-refractivity contribution in [2.45, 2.75) is 44.3 Å². The number of pyridine rings is 1. The summed E-state index contributed by atoms with van der Waals surface area (Å²) in [4.78, 5) is 9.87. The van der Waals surface area contributed by atoms with Crippen molar-refractivity contribution in [1.82, 2.24) is 20.5 Å². The van der Waals surface area contributed by atoms with Gasteiger partial charge in [-0.05, 0) is 61.6 Å². The minimum atomic E-state index is 0.451. The molecule has 29 heavy (non-hydrogen) atoms. The number of hydrogen-bond donors (Lipinski definition) is 2. The number of rotatable bonds is 4. The molecule has 3 heterocycles. The minimum absolute atomic E-state index is 0.451. The molecule has 1 aromatic heterocycles. The summed E-state index contributed by atoms with van der Waals surface area (Å²) in [5, 5.41) is 7.28. The average molecular weight is 392 g/mol. The topological polar surface area (TPSA) is 43.4 Å². The first-order chi connectivity index (χ1) is 14.3. The Morgan fingerprint density at radius 1 is 1.14 bits per heavy atom. The van der Waals surface area contributed by atoms with Crippen LogP contribution >= 0.6 is 0 Å². The molecular weight excluding hydrogens is 358 g/mol. The molecule has 0 amide bonds. The smallest absolute Gasteiger partial charge is 0.0607 e. The van der Waals surface area contributed by atoms with Crippen molar-refractivity contribution in [2.75, 3.05) is 44.7 Å². The van der Waals surface area contributed by atoms with Crippen molar-refractivity contribution in [3.8, 4) is 0 Å². The van der Waals surface area contributed by atoms with E-state index in [1.807, 2.05) is 6.20 Å². The van der Waals surface area contributed by atoms with Gasteiger partial charge in [0, 0.05) is 57.2 Å². The van der Waals surface area contributed by atoms with E-state index in [-0.39, 0.29) is 0 Å². The number of piperazine rings is 1. The Bertz CT molecular complexity index is 845. The first-order valence-electron chi connectivity index (χ1n) is 11.2. The van der Waals surface area contributed by atoms with Crippen LogP contribution in [0, 0.1) is 0 Å². The lowest BCUT2D eigenvalue weighted by atomic mass is 9.89. The van der Waals surface area contributed by atoms with Crippen LogP contribution in [-0.2, 0) is 19.4 Å². The zero-order chi connectivity index (χ0) is 19.6. The van der Waals surface area contributed by atoms with Gasteiger partial charge in [-0.25, -0.2) is 0 Å². The predicted molar refractivity (Wildman–Crippen MR) is 118 cm³/mol. The maximum absolute atomic E-state index is 4.75. The molecule has 154 valence electrons. The van der Waals surface area contributed by atoms with E-state index in [2.05, 4.69) is 57.8 Å². The quantitative estimate of drug-likeness (QED) is 0.838. The Morgan fingerprint density at radius 2 is 2.00 bits per heavy atom. The van der Waals surface area contributed by atoms with Gasteiger partial charge >= 0.3 is 0 Å². The van der Waals surface area contributed by atoms with Crippen molar-refractivity contribution in [2.24, 2.45) is 0 Å². The second-order valence-electron chi connectivity index (χ2n) is 8.83. The number of aryl methyl sites for hydroxylation is 1. The van der Waals surface area contributed by atoms with Crippen LogP contribution in [0.4, 0.5) is 5.69 Å². The van der Waals surface area contributed by atoms with Gasteiger partial charge in [0.1, 0.15) is 0 Å². The number of benzene rings is 1. The van der Waals surface area contributed by atoms with Gasteiger partial charge < -0.3 is 15.5 Å². The van der Waals surface area contributed by atoms with Crippen LogP contribution in [0.25, 0.3) is 0 Å². The standard InChI is InChI=1S/C24H33N5/c1-28(23-9-2-5-18-7-4-10-26-24(18)23)17-20-15-21-19(16-27-20)6-3-8-22(21)29-13-11-25-12-14-29/h3-4,6-8,10,20,23,25,27H,2,5,9,11-17H2,1H3/t20-,23-/m0/s1. The summed E-state index contributed by atoms with van der Waals surface area (Å²) in [6.45, 7) is 6.44. The second kappa shape index (κ2) is 8.42. The summed E-state index contributed by atoms with van der Waals surface area (Å²) in [7, 11) is 2.29. The molecule has 0 radical (unpaired) electrons. The van der Waals surface area contributed by atoms with Crippen molar-refractivity contribution in [3.05, 3.63) is 58.9 Å². The monoisotopic (exact) mass is 391 g/mol. The summed E-state index contributed by atoms with van der Waals surface area (Å²) < 4.78 is 0. The molecule has 2 atom stereocenters. The third kappa shape index (κ3) is 3.91. The van der Waals surface area contributed by atoms with Gasteiger partial charge in [-0.2, -0.15) is 0 Å². The molecule has 2 aliphatic heterocycles. The Labute approximate surface area is 174 Å². The Kier molecular flexibility index (Phi) is 5.53. The van der Waals surface area contributed by atoms with Gasteiger partial charge in [0.25, 0.3) is 0 Å². The molecule has 0 bridgehead atoms. The highest BCUT2D eigenvalue weighted by molar-refractivity contribution is 5.58. The average Bonchev–Trinajstić information content (AvgIpc) is 2.79. The van der Waals surface area contributed by atoms with Crippen LogP contribution in [0.2, 0.25) is 0 Å². The zero-order valence-corrected chi connectivity index (χ0v) is 17.5. The van der Waals surface area contributed by atoms with Gasteiger partial charge in [-0.3, -0.25) is 9.88 Å². The first-order valence-corrected chi connectivity index (χ1v) is 11.2. The van der Waals surface area contributed by atoms with E-state index < -0.39 is 0 Å². The van der Waals surface area contributed by atoms with E-state index in [0.717, 1.165) is 45.7 Å². The molecule has 3 aliphatic rings. The second-order valence-corrected chi connectivity index (χ2v) is 8.83.